The van der Waals surface area contributed by atoms with Gasteiger partial charge in [-0.3, -0.25) is 4.79 Å². The second-order valence-corrected chi connectivity index (χ2v) is 4.30. The topological polar surface area (TPSA) is 44.1 Å². The molecule has 0 radical (unpaired) electrons. The number of nitriles is 1. The summed E-state index contributed by atoms with van der Waals surface area (Å²) in [5, 5.41) is 8.44. The Morgan fingerprint density at radius 2 is 2.13 bits per heavy atom. The normalized spacial score (nSPS) is 17.5. The van der Waals surface area contributed by atoms with E-state index < -0.39 is 0 Å². The van der Waals surface area contributed by atoms with Crippen LogP contribution in [0.15, 0.2) is 0 Å². The van der Waals surface area contributed by atoms with E-state index in [0.29, 0.717) is 0 Å². The molecule has 0 spiro atoms. The average molecular weight is 208 g/mol. The lowest BCUT2D eigenvalue weighted by Crippen LogP contribution is -2.38. The summed E-state index contributed by atoms with van der Waals surface area (Å²) in [6, 6.07) is 1.92. The van der Waals surface area contributed by atoms with E-state index in [4.69, 9.17) is 5.26 Å². The van der Waals surface area contributed by atoms with Gasteiger partial charge in [0.2, 0.25) is 5.91 Å². The predicted octanol–water partition coefficient (Wildman–Crippen LogP) is 2.33. The molecule has 0 atom stereocenters. The van der Waals surface area contributed by atoms with Crippen molar-refractivity contribution < 1.29 is 4.79 Å². The maximum atomic E-state index is 11.4. The molecule has 1 rings (SSSR count). The first kappa shape index (κ1) is 12.0. The highest BCUT2D eigenvalue weighted by Crippen LogP contribution is 2.22. The third-order valence-electron chi connectivity index (χ3n) is 3.16. The van der Waals surface area contributed by atoms with E-state index >= 15 is 0 Å². The lowest BCUT2D eigenvalue weighted by atomic mass is 9.91. The average Bonchev–Trinajstić information content (AvgIpc) is 2.27. The summed E-state index contributed by atoms with van der Waals surface area (Å²) in [6.07, 6.45) is 6.15. The summed E-state index contributed by atoms with van der Waals surface area (Å²) in [6.45, 7) is 3.93. The highest BCUT2D eigenvalue weighted by atomic mass is 16.2. The van der Waals surface area contributed by atoms with Gasteiger partial charge in [0.05, 0.1) is 6.07 Å². The van der Waals surface area contributed by atoms with Gasteiger partial charge in [0.25, 0.3) is 0 Å². The highest BCUT2D eigenvalue weighted by Gasteiger charge is 2.21. The van der Waals surface area contributed by atoms with Crippen molar-refractivity contribution in [3.63, 3.8) is 0 Å². The molecule has 0 N–H and O–H groups in total. The van der Waals surface area contributed by atoms with Crippen LogP contribution in [-0.2, 0) is 4.79 Å². The lowest BCUT2D eigenvalue weighted by molar-refractivity contribution is -0.131. The van der Waals surface area contributed by atoms with Crippen molar-refractivity contribution in [2.24, 2.45) is 5.92 Å². The Bertz CT molecular complexity index is 236. The molecule has 1 fully saturated rings. The number of unbranched alkanes of at least 4 members (excludes halogenated alkanes) is 1. The van der Waals surface area contributed by atoms with Gasteiger partial charge in [-0.1, -0.05) is 26.2 Å². The van der Waals surface area contributed by atoms with Crippen LogP contribution in [0.4, 0.5) is 0 Å². The molecule has 0 aromatic rings. The Labute approximate surface area is 92.1 Å². The zero-order valence-corrected chi connectivity index (χ0v) is 9.54. The molecule has 0 aliphatic carbocycles. The summed E-state index contributed by atoms with van der Waals surface area (Å²) in [4.78, 5) is 13.3. The third-order valence-corrected chi connectivity index (χ3v) is 3.16. The monoisotopic (exact) mass is 208 g/mol. The van der Waals surface area contributed by atoms with Crippen LogP contribution in [-0.4, -0.2) is 23.9 Å². The van der Waals surface area contributed by atoms with Crippen molar-refractivity contribution in [1.29, 1.82) is 5.26 Å². The summed E-state index contributed by atoms with van der Waals surface area (Å²) in [5.41, 5.74) is 0. The zero-order chi connectivity index (χ0) is 11.1. The molecule has 0 unspecified atom stereocenters. The van der Waals surface area contributed by atoms with Gasteiger partial charge in [0.15, 0.2) is 0 Å². The second kappa shape index (κ2) is 6.44. The van der Waals surface area contributed by atoms with Crippen molar-refractivity contribution in [3.8, 4) is 6.07 Å². The van der Waals surface area contributed by atoms with Crippen LogP contribution >= 0.6 is 0 Å². The van der Waals surface area contributed by atoms with Crippen molar-refractivity contribution in [1.82, 2.24) is 4.90 Å². The van der Waals surface area contributed by atoms with E-state index in [9.17, 15) is 4.79 Å². The SMILES string of the molecule is CCCCC1CCN(C(=O)CC#N)CC1. The van der Waals surface area contributed by atoms with Crippen LogP contribution in [0.2, 0.25) is 0 Å². The lowest BCUT2D eigenvalue weighted by Gasteiger charge is -2.31. The summed E-state index contributed by atoms with van der Waals surface area (Å²) in [7, 11) is 0. The molecule has 0 saturated carbocycles. The fourth-order valence-corrected chi connectivity index (χ4v) is 2.14. The van der Waals surface area contributed by atoms with Crippen LogP contribution in [0, 0.1) is 17.2 Å². The quantitative estimate of drug-likeness (QED) is 0.711. The van der Waals surface area contributed by atoms with E-state index in [1.54, 1.807) is 0 Å². The van der Waals surface area contributed by atoms with Gasteiger partial charge < -0.3 is 4.90 Å². The Hall–Kier alpha value is -1.04. The van der Waals surface area contributed by atoms with E-state index in [0.717, 1.165) is 31.8 Å². The number of hydrogen-bond donors (Lipinski definition) is 0. The highest BCUT2D eigenvalue weighted by molar-refractivity contribution is 5.78. The Morgan fingerprint density at radius 3 is 2.67 bits per heavy atom. The summed E-state index contributed by atoms with van der Waals surface area (Å²) < 4.78 is 0. The molecule has 3 heteroatoms. The number of hydrogen-bond acceptors (Lipinski definition) is 2. The van der Waals surface area contributed by atoms with Gasteiger partial charge in [-0.2, -0.15) is 5.26 Å². The third kappa shape index (κ3) is 3.91. The minimum absolute atomic E-state index is 0.00596. The molecule has 3 nitrogen and oxygen atoms in total. The number of piperidine rings is 1. The number of amides is 1. The molecule has 84 valence electrons. The van der Waals surface area contributed by atoms with Gasteiger partial charge in [-0.25, -0.2) is 0 Å². The molecule has 1 aliphatic rings. The maximum absolute atomic E-state index is 11.4. The fraction of sp³-hybridized carbons (Fsp3) is 0.833. The first-order valence-electron chi connectivity index (χ1n) is 5.92. The standard InChI is InChI=1S/C12H20N2O/c1-2-3-4-11-6-9-14(10-7-11)12(15)5-8-13/h11H,2-7,9-10H2,1H3. The van der Waals surface area contributed by atoms with Crippen LogP contribution < -0.4 is 0 Å². The summed E-state index contributed by atoms with van der Waals surface area (Å²) >= 11 is 0. The van der Waals surface area contributed by atoms with E-state index in [-0.39, 0.29) is 12.3 Å². The minimum Gasteiger partial charge on any atom is -0.342 e. The molecule has 0 aromatic heterocycles. The Balaban J connectivity index is 2.24. The molecular weight excluding hydrogens is 188 g/mol. The van der Waals surface area contributed by atoms with Gasteiger partial charge >= 0.3 is 0 Å². The molecule has 0 aromatic carbocycles. The van der Waals surface area contributed by atoms with Crippen molar-refractivity contribution in [2.75, 3.05) is 13.1 Å². The second-order valence-electron chi connectivity index (χ2n) is 4.30. The van der Waals surface area contributed by atoms with Crippen LogP contribution in [0.5, 0.6) is 0 Å². The van der Waals surface area contributed by atoms with Gasteiger partial charge in [0, 0.05) is 13.1 Å². The Morgan fingerprint density at radius 1 is 1.47 bits per heavy atom. The van der Waals surface area contributed by atoms with Gasteiger partial charge in [-0.05, 0) is 18.8 Å². The number of likely N-dealkylation sites (tertiary alicyclic amines) is 1. The van der Waals surface area contributed by atoms with E-state index in [2.05, 4.69) is 6.92 Å². The molecule has 15 heavy (non-hydrogen) atoms. The number of carbonyl (C=O) groups is 1. The van der Waals surface area contributed by atoms with Gasteiger partial charge in [0.1, 0.15) is 6.42 Å². The molecule has 1 aliphatic heterocycles. The minimum atomic E-state index is 0.00596. The molecule has 1 saturated heterocycles. The van der Waals surface area contributed by atoms with E-state index in [1.165, 1.54) is 19.3 Å². The first-order chi connectivity index (χ1) is 7.27. The summed E-state index contributed by atoms with van der Waals surface area (Å²) in [5.74, 6) is 0.808. The molecular formula is C12H20N2O. The smallest absolute Gasteiger partial charge is 0.236 e. The maximum Gasteiger partial charge on any atom is 0.236 e. The zero-order valence-electron chi connectivity index (χ0n) is 9.54. The van der Waals surface area contributed by atoms with E-state index in [1.807, 2.05) is 11.0 Å². The van der Waals surface area contributed by atoms with Crippen LogP contribution in [0.3, 0.4) is 0 Å². The fourth-order valence-electron chi connectivity index (χ4n) is 2.14. The van der Waals surface area contributed by atoms with Crippen molar-refractivity contribution in [3.05, 3.63) is 0 Å². The number of carbonyl (C=O) groups excluding carboxylic acids is 1. The van der Waals surface area contributed by atoms with Crippen LogP contribution in [0.25, 0.3) is 0 Å². The predicted molar refractivity (Wildman–Crippen MR) is 59.1 cm³/mol. The van der Waals surface area contributed by atoms with Crippen molar-refractivity contribution >= 4 is 5.91 Å². The van der Waals surface area contributed by atoms with Crippen LogP contribution in [0.1, 0.15) is 45.4 Å². The largest absolute Gasteiger partial charge is 0.342 e. The number of rotatable bonds is 4. The molecule has 0 bridgehead atoms. The Kier molecular flexibility index (Phi) is 5.17. The first-order valence-corrected chi connectivity index (χ1v) is 5.92. The molecule has 1 heterocycles. The van der Waals surface area contributed by atoms with Crippen molar-refractivity contribution in [2.45, 2.75) is 45.4 Å². The van der Waals surface area contributed by atoms with Gasteiger partial charge in [-0.15, -0.1) is 0 Å². The molecule has 1 amide bonds. The number of nitrogens with zero attached hydrogens (tertiary/aromatic N) is 2.